The first-order valence-corrected chi connectivity index (χ1v) is 6.08. The molecule has 98 valence electrons. The van der Waals surface area contributed by atoms with E-state index in [2.05, 4.69) is 4.98 Å². The fourth-order valence-electron chi connectivity index (χ4n) is 1.75. The molecule has 1 heterocycles. The molecule has 2 aromatic rings. The highest BCUT2D eigenvalue weighted by molar-refractivity contribution is 5.94. The van der Waals surface area contributed by atoms with Gasteiger partial charge in [-0.1, -0.05) is 12.1 Å². The smallest absolute Gasteiger partial charge is 0.255 e. The van der Waals surface area contributed by atoms with Gasteiger partial charge < -0.3 is 4.90 Å². The maximum Gasteiger partial charge on any atom is 0.255 e. The largest absolute Gasteiger partial charge is 0.342 e. The first-order valence-electron chi connectivity index (χ1n) is 6.08. The Kier molecular flexibility index (Phi) is 3.90. The van der Waals surface area contributed by atoms with Crippen LogP contribution in [0.4, 0.5) is 4.39 Å². The van der Waals surface area contributed by atoms with E-state index in [9.17, 15) is 9.18 Å². The third kappa shape index (κ3) is 2.96. The lowest BCUT2D eigenvalue weighted by Gasteiger charge is -2.14. The molecular formula is C15H15FN2O. The second kappa shape index (κ2) is 5.61. The van der Waals surface area contributed by atoms with Crippen molar-refractivity contribution in [1.29, 1.82) is 0 Å². The summed E-state index contributed by atoms with van der Waals surface area (Å²) in [5.41, 5.74) is 1.95. The number of pyridine rings is 1. The van der Waals surface area contributed by atoms with Crippen LogP contribution in [0.3, 0.4) is 0 Å². The number of halogens is 1. The van der Waals surface area contributed by atoms with E-state index < -0.39 is 0 Å². The van der Waals surface area contributed by atoms with Crippen LogP contribution >= 0.6 is 0 Å². The summed E-state index contributed by atoms with van der Waals surface area (Å²) < 4.78 is 13.2. The molecular weight excluding hydrogens is 243 g/mol. The fourth-order valence-corrected chi connectivity index (χ4v) is 1.75. The summed E-state index contributed by atoms with van der Waals surface area (Å²) in [6.07, 6.45) is 3.15. The Balaban J connectivity index is 2.37. The number of benzene rings is 1. The van der Waals surface area contributed by atoms with E-state index >= 15 is 0 Å². The van der Waals surface area contributed by atoms with Crippen LogP contribution in [0, 0.1) is 5.82 Å². The zero-order chi connectivity index (χ0) is 13.8. The van der Waals surface area contributed by atoms with Crippen molar-refractivity contribution in [3.05, 3.63) is 54.1 Å². The van der Waals surface area contributed by atoms with Gasteiger partial charge in [-0.2, -0.15) is 0 Å². The summed E-state index contributed by atoms with van der Waals surface area (Å²) in [4.78, 5) is 17.7. The fraction of sp³-hybridized carbons (Fsp3) is 0.200. The highest BCUT2D eigenvalue weighted by atomic mass is 19.1. The van der Waals surface area contributed by atoms with E-state index in [0.29, 0.717) is 17.7 Å². The average Bonchev–Trinajstić information content (AvgIpc) is 2.46. The van der Waals surface area contributed by atoms with E-state index in [1.165, 1.54) is 18.3 Å². The lowest BCUT2D eigenvalue weighted by molar-refractivity contribution is 0.0802. The van der Waals surface area contributed by atoms with Crippen LogP contribution < -0.4 is 0 Å². The van der Waals surface area contributed by atoms with E-state index in [1.54, 1.807) is 36.3 Å². The van der Waals surface area contributed by atoms with Gasteiger partial charge in [0.05, 0.1) is 5.56 Å². The number of hydrogen-bond acceptors (Lipinski definition) is 2. The number of carbonyl (C=O) groups excluding carboxylic acids is 1. The zero-order valence-corrected chi connectivity index (χ0v) is 10.9. The number of rotatable bonds is 3. The summed E-state index contributed by atoms with van der Waals surface area (Å²) in [6.45, 7) is 2.53. The van der Waals surface area contributed by atoms with Gasteiger partial charge in [0.25, 0.3) is 5.91 Å². The zero-order valence-electron chi connectivity index (χ0n) is 10.9. The van der Waals surface area contributed by atoms with Crippen LogP contribution in [0.25, 0.3) is 11.1 Å². The highest BCUT2D eigenvalue weighted by Crippen LogP contribution is 2.20. The molecule has 4 heteroatoms. The third-order valence-corrected chi connectivity index (χ3v) is 2.96. The van der Waals surface area contributed by atoms with Gasteiger partial charge in [-0.05, 0) is 30.7 Å². The Morgan fingerprint density at radius 2 is 2.05 bits per heavy atom. The predicted octanol–water partition coefficient (Wildman–Crippen LogP) is 2.98. The minimum absolute atomic E-state index is 0.0896. The Morgan fingerprint density at radius 1 is 1.26 bits per heavy atom. The molecule has 0 spiro atoms. The van der Waals surface area contributed by atoms with E-state index in [-0.39, 0.29) is 11.7 Å². The van der Waals surface area contributed by atoms with Gasteiger partial charge in [-0.3, -0.25) is 9.78 Å². The number of carbonyl (C=O) groups is 1. The average molecular weight is 258 g/mol. The van der Waals surface area contributed by atoms with Crippen LogP contribution in [-0.4, -0.2) is 29.4 Å². The van der Waals surface area contributed by atoms with Crippen molar-refractivity contribution in [2.45, 2.75) is 6.92 Å². The molecule has 0 bridgehead atoms. The standard InChI is InChI=1S/C15H15FN2O/c1-3-18(2)15(19)13-7-12(9-17-10-13)11-5-4-6-14(16)8-11/h4-10H,3H2,1-2H3. The van der Waals surface area contributed by atoms with Crippen LogP contribution in [0.1, 0.15) is 17.3 Å². The van der Waals surface area contributed by atoms with Crippen LogP contribution in [0.15, 0.2) is 42.7 Å². The van der Waals surface area contributed by atoms with Crippen molar-refractivity contribution in [2.75, 3.05) is 13.6 Å². The lowest BCUT2D eigenvalue weighted by Crippen LogP contribution is -2.26. The molecule has 0 radical (unpaired) electrons. The molecule has 1 aromatic heterocycles. The summed E-state index contributed by atoms with van der Waals surface area (Å²) in [5.74, 6) is -0.395. The van der Waals surface area contributed by atoms with Gasteiger partial charge in [-0.25, -0.2) is 4.39 Å². The molecule has 0 aliphatic carbocycles. The monoisotopic (exact) mass is 258 g/mol. The molecule has 0 N–H and O–H groups in total. The minimum atomic E-state index is -0.306. The molecule has 0 aliphatic rings. The summed E-state index contributed by atoms with van der Waals surface area (Å²) in [6, 6.07) is 7.97. The van der Waals surface area contributed by atoms with Crippen LogP contribution in [-0.2, 0) is 0 Å². The van der Waals surface area contributed by atoms with Crippen molar-refractivity contribution in [2.24, 2.45) is 0 Å². The Labute approximate surface area is 111 Å². The van der Waals surface area contributed by atoms with Gasteiger partial charge in [0.2, 0.25) is 0 Å². The Hall–Kier alpha value is -2.23. The molecule has 0 saturated heterocycles. The SMILES string of the molecule is CCN(C)C(=O)c1cncc(-c2cccc(F)c2)c1. The second-order valence-corrected chi connectivity index (χ2v) is 4.29. The van der Waals surface area contributed by atoms with Crippen molar-refractivity contribution in [3.63, 3.8) is 0 Å². The van der Waals surface area contributed by atoms with Gasteiger partial charge in [0.1, 0.15) is 5.82 Å². The molecule has 2 rings (SSSR count). The normalized spacial score (nSPS) is 10.3. The van der Waals surface area contributed by atoms with Gasteiger partial charge in [0.15, 0.2) is 0 Å². The van der Waals surface area contributed by atoms with E-state index in [1.807, 2.05) is 6.92 Å². The lowest BCUT2D eigenvalue weighted by atomic mass is 10.1. The number of aromatic nitrogens is 1. The number of nitrogens with zero attached hydrogens (tertiary/aromatic N) is 2. The van der Waals surface area contributed by atoms with Crippen molar-refractivity contribution in [1.82, 2.24) is 9.88 Å². The molecule has 0 aliphatic heterocycles. The maximum atomic E-state index is 13.2. The van der Waals surface area contributed by atoms with E-state index in [4.69, 9.17) is 0 Å². The van der Waals surface area contributed by atoms with Crippen LogP contribution in [0.5, 0.6) is 0 Å². The van der Waals surface area contributed by atoms with Crippen LogP contribution in [0.2, 0.25) is 0 Å². The van der Waals surface area contributed by atoms with Crippen molar-refractivity contribution < 1.29 is 9.18 Å². The molecule has 1 amide bonds. The molecule has 1 aromatic carbocycles. The van der Waals surface area contributed by atoms with Gasteiger partial charge in [-0.15, -0.1) is 0 Å². The highest BCUT2D eigenvalue weighted by Gasteiger charge is 2.11. The molecule has 0 atom stereocenters. The molecule has 3 nitrogen and oxygen atoms in total. The Morgan fingerprint density at radius 3 is 2.74 bits per heavy atom. The van der Waals surface area contributed by atoms with E-state index in [0.717, 1.165) is 5.56 Å². The summed E-state index contributed by atoms with van der Waals surface area (Å²) in [5, 5.41) is 0. The maximum absolute atomic E-state index is 13.2. The quantitative estimate of drug-likeness (QED) is 0.848. The topological polar surface area (TPSA) is 33.2 Å². The first kappa shape index (κ1) is 13.2. The molecule has 0 saturated carbocycles. The summed E-state index contributed by atoms with van der Waals surface area (Å²) >= 11 is 0. The second-order valence-electron chi connectivity index (χ2n) is 4.29. The predicted molar refractivity (Wildman–Crippen MR) is 72.3 cm³/mol. The first-order chi connectivity index (χ1) is 9.11. The number of hydrogen-bond donors (Lipinski definition) is 0. The third-order valence-electron chi connectivity index (χ3n) is 2.96. The Bertz CT molecular complexity index is 598. The molecule has 0 fully saturated rings. The number of amides is 1. The molecule has 19 heavy (non-hydrogen) atoms. The van der Waals surface area contributed by atoms with Crippen molar-refractivity contribution >= 4 is 5.91 Å². The molecule has 0 unspecified atom stereocenters. The minimum Gasteiger partial charge on any atom is -0.342 e. The van der Waals surface area contributed by atoms with Crippen molar-refractivity contribution in [3.8, 4) is 11.1 Å². The van der Waals surface area contributed by atoms with Gasteiger partial charge >= 0.3 is 0 Å². The summed E-state index contributed by atoms with van der Waals surface area (Å²) in [7, 11) is 1.73. The van der Waals surface area contributed by atoms with Gasteiger partial charge in [0, 0.05) is 31.5 Å².